The van der Waals surface area contributed by atoms with Crippen LogP contribution in [0, 0.1) is 11.8 Å². The Bertz CT molecular complexity index is 1120. The summed E-state index contributed by atoms with van der Waals surface area (Å²) in [5.41, 5.74) is -1.40. The van der Waals surface area contributed by atoms with Crippen LogP contribution in [0.25, 0.3) is 0 Å². The number of piperidine rings is 1. The van der Waals surface area contributed by atoms with Crippen LogP contribution in [-0.4, -0.2) is 57.6 Å². The number of esters is 1. The molecule has 0 aliphatic carbocycles. The first-order valence-electron chi connectivity index (χ1n) is 12.9. The van der Waals surface area contributed by atoms with Gasteiger partial charge in [-0.05, 0) is 42.0 Å². The molecular weight excluding hydrogens is 499 g/mol. The summed E-state index contributed by atoms with van der Waals surface area (Å²) in [6, 6.07) is 10.7. The lowest BCUT2D eigenvalue weighted by molar-refractivity contribution is -0.280. The predicted octanol–water partition coefficient (Wildman–Crippen LogP) is 5.69. The van der Waals surface area contributed by atoms with Crippen molar-refractivity contribution in [3.8, 4) is 11.5 Å². The number of carbonyl (C=O) groups excluding carboxylic acids is 1. The van der Waals surface area contributed by atoms with Gasteiger partial charge in [-0.15, -0.1) is 0 Å². The number of hydrogen-bond acceptors (Lipinski definition) is 6. The number of fused-ring (bicyclic) bond motifs is 3. The molecule has 2 aromatic rings. The highest BCUT2D eigenvalue weighted by atomic mass is 19.4. The van der Waals surface area contributed by atoms with E-state index < -0.39 is 23.9 Å². The number of halogens is 3. The minimum Gasteiger partial charge on any atom is -0.493 e. The molecule has 9 heteroatoms. The molecule has 2 aliphatic heterocycles. The summed E-state index contributed by atoms with van der Waals surface area (Å²) in [6.07, 6.45) is -3.82. The van der Waals surface area contributed by atoms with Gasteiger partial charge in [0.1, 0.15) is 6.10 Å². The van der Waals surface area contributed by atoms with Crippen molar-refractivity contribution in [2.24, 2.45) is 11.8 Å². The molecule has 38 heavy (non-hydrogen) atoms. The largest absolute Gasteiger partial charge is 0.493 e. The van der Waals surface area contributed by atoms with Crippen molar-refractivity contribution in [2.75, 3.05) is 34.4 Å². The minimum atomic E-state index is -5.02. The number of alkyl halides is 3. The van der Waals surface area contributed by atoms with Gasteiger partial charge < -0.3 is 18.9 Å². The second kappa shape index (κ2) is 11.1. The number of methoxy groups -OCH3 is 3. The number of nitrogens with zero attached hydrogens (tertiary/aromatic N) is 1. The maximum absolute atomic E-state index is 14.5. The standard InChI is InChI=1S/C29H36F3NO5/c1-18(2)13-20-17-33-12-11-19-14-25(35-3)26(36-4)15-22(19)23(33)16-24(20)38-27(34)28(37-5,29(30,31)32)21-9-7-6-8-10-21/h6-10,14-15,18,20,23-24H,11-13,16-17H2,1-5H3/t20-,23+,24-,28?/m1/s1. The van der Waals surface area contributed by atoms with Gasteiger partial charge in [-0.2, -0.15) is 13.2 Å². The van der Waals surface area contributed by atoms with Crippen LogP contribution in [0.2, 0.25) is 0 Å². The van der Waals surface area contributed by atoms with E-state index in [4.69, 9.17) is 18.9 Å². The molecule has 4 atom stereocenters. The van der Waals surface area contributed by atoms with Crippen molar-refractivity contribution < 1.29 is 36.9 Å². The van der Waals surface area contributed by atoms with Gasteiger partial charge in [0.05, 0.1) is 14.2 Å². The van der Waals surface area contributed by atoms with Crippen LogP contribution in [-0.2, 0) is 26.3 Å². The van der Waals surface area contributed by atoms with Gasteiger partial charge in [0.15, 0.2) is 11.5 Å². The third kappa shape index (κ3) is 5.10. The van der Waals surface area contributed by atoms with Crippen molar-refractivity contribution in [3.63, 3.8) is 0 Å². The molecule has 6 nitrogen and oxygen atoms in total. The van der Waals surface area contributed by atoms with E-state index in [0.29, 0.717) is 24.5 Å². The van der Waals surface area contributed by atoms with Crippen molar-refractivity contribution in [3.05, 3.63) is 59.2 Å². The van der Waals surface area contributed by atoms with Gasteiger partial charge in [-0.1, -0.05) is 44.2 Å². The summed E-state index contributed by atoms with van der Waals surface area (Å²) < 4.78 is 65.4. The molecule has 0 spiro atoms. The number of hydrogen-bond donors (Lipinski definition) is 0. The molecule has 0 saturated carbocycles. The molecule has 4 rings (SSSR count). The Kier molecular flexibility index (Phi) is 8.28. The van der Waals surface area contributed by atoms with Crippen molar-refractivity contribution in [1.82, 2.24) is 4.90 Å². The molecule has 208 valence electrons. The van der Waals surface area contributed by atoms with Crippen LogP contribution in [0.3, 0.4) is 0 Å². The lowest BCUT2D eigenvalue weighted by Gasteiger charge is -2.47. The van der Waals surface area contributed by atoms with Crippen molar-refractivity contribution >= 4 is 5.97 Å². The maximum atomic E-state index is 14.5. The molecule has 1 unspecified atom stereocenters. The van der Waals surface area contributed by atoms with Crippen LogP contribution >= 0.6 is 0 Å². The topological polar surface area (TPSA) is 57.2 Å². The highest BCUT2D eigenvalue weighted by molar-refractivity contribution is 5.83. The minimum absolute atomic E-state index is 0.115. The molecule has 0 N–H and O–H groups in total. The lowest BCUT2D eigenvalue weighted by atomic mass is 9.79. The summed E-state index contributed by atoms with van der Waals surface area (Å²) in [7, 11) is 4.05. The first kappa shape index (κ1) is 28.2. The second-order valence-corrected chi connectivity index (χ2v) is 10.5. The molecule has 1 fully saturated rings. The van der Waals surface area contributed by atoms with Gasteiger partial charge in [0.25, 0.3) is 5.60 Å². The summed E-state index contributed by atoms with van der Waals surface area (Å²) in [6.45, 7) is 5.54. The zero-order chi connectivity index (χ0) is 27.7. The smallest absolute Gasteiger partial charge is 0.432 e. The number of ether oxygens (including phenoxy) is 4. The number of rotatable bonds is 8. The zero-order valence-electron chi connectivity index (χ0n) is 22.5. The second-order valence-electron chi connectivity index (χ2n) is 10.5. The molecule has 2 heterocycles. The van der Waals surface area contributed by atoms with E-state index in [0.717, 1.165) is 37.6 Å². The quantitative estimate of drug-likeness (QED) is 0.405. The highest BCUT2D eigenvalue weighted by Gasteiger charge is 2.64. The Hall–Kier alpha value is -2.78. The Morgan fingerprint density at radius 3 is 2.29 bits per heavy atom. The molecule has 0 radical (unpaired) electrons. The number of benzene rings is 2. The predicted molar refractivity (Wildman–Crippen MR) is 136 cm³/mol. The van der Waals surface area contributed by atoms with Gasteiger partial charge >= 0.3 is 12.1 Å². The fourth-order valence-electron chi connectivity index (χ4n) is 5.99. The number of carbonyl (C=O) groups is 1. The molecule has 0 aromatic heterocycles. The maximum Gasteiger partial charge on any atom is 0.432 e. The van der Waals surface area contributed by atoms with Crippen LogP contribution in [0.5, 0.6) is 11.5 Å². The van der Waals surface area contributed by atoms with Gasteiger partial charge in [-0.25, -0.2) is 4.79 Å². The van der Waals surface area contributed by atoms with Crippen LogP contribution in [0.15, 0.2) is 42.5 Å². The molecule has 0 bridgehead atoms. The molecule has 2 aliphatic rings. The summed E-state index contributed by atoms with van der Waals surface area (Å²) in [5.74, 6) is -0.0487. The fourth-order valence-corrected chi connectivity index (χ4v) is 5.99. The van der Waals surface area contributed by atoms with Crippen LogP contribution < -0.4 is 9.47 Å². The van der Waals surface area contributed by atoms with Crippen LogP contribution in [0.1, 0.15) is 49.4 Å². The Morgan fingerprint density at radius 1 is 1.05 bits per heavy atom. The SMILES string of the molecule is COc1cc2c(cc1OC)[C@@H]1C[C@@H](OC(=O)C(OC)(c3ccccc3)C(F)(F)F)[C@H](CC(C)C)CN1CC2. The average molecular weight is 536 g/mol. The normalized spacial score (nSPS) is 23.2. The van der Waals surface area contributed by atoms with Crippen molar-refractivity contribution in [1.29, 1.82) is 0 Å². The molecule has 0 amide bonds. The summed E-state index contributed by atoms with van der Waals surface area (Å²) >= 11 is 0. The first-order chi connectivity index (χ1) is 18.0. The van der Waals surface area contributed by atoms with E-state index in [1.807, 2.05) is 12.1 Å². The Labute approximate surface area is 222 Å². The summed E-state index contributed by atoms with van der Waals surface area (Å²) in [5, 5.41) is 0. The lowest BCUT2D eigenvalue weighted by Crippen LogP contribution is -2.55. The van der Waals surface area contributed by atoms with E-state index in [1.165, 1.54) is 24.3 Å². The van der Waals surface area contributed by atoms with Crippen LogP contribution in [0.4, 0.5) is 13.2 Å². The van der Waals surface area contributed by atoms with E-state index in [9.17, 15) is 18.0 Å². The van der Waals surface area contributed by atoms with Gasteiger partial charge in [0.2, 0.25) is 0 Å². The fraction of sp³-hybridized carbons (Fsp3) is 0.552. The highest BCUT2D eigenvalue weighted by Crippen LogP contribution is 2.47. The van der Waals surface area contributed by atoms with E-state index in [-0.39, 0.29) is 23.4 Å². The van der Waals surface area contributed by atoms with Crippen molar-refractivity contribution in [2.45, 2.75) is 57.0 Å². The Balaban J connectivity index is 1.70. The van der Waals surface area contributed by atoms with E-state index in [2.05, 4.69) is 18.7 Å². The third-order valence-electron chi connectivity index (χ3n) is 7.77. The third-order valence-corrected chi connectivity index (χ3v) is 7.77. The van der Waals surface area contributed by atoms with E-state index in [1.54, 1.807) is 20.3 Å². The van der Waals surface area contributed by atoms with E-state index >= 15 is 0 Å². The summed E-state index contributed by atoms with van der Waals surface area (Å²) in [4.78, 5) is 15.9. The average Bonchev–Trinajstić information content (AvgIpc) is 2.88. The monoisotopic (exact) mass is 535 g/mol. The molecule has 2 aromatic carbocycles. The van der Waals surface area contributed by atoms with Gasteiger partial charge in [-0.3, -0.25) is 4.90 Å². The Morgan fingerprint density at radius 2 is 1.71 bits per heavy atom. The van der Waals surface area contributed by atoms with Gasteiger partial charge in [0, 0.05) is 44.1 Å². The first-order valence-corrected chi connectivity index (χ1v) is 12.9. The molecular formula is C29H36F3NO5. The molecule has 1 saturated heterocycles. The zero-order valence-corrected chi connectivity index (χ0v) is 22.5.